The highest BCUT2D eigenvalue weighted by Gasteiger charge is 2.42. The number of primary amides is 1. The lowest BCUT2D eigenvalue weighted by molar-refractivity contribution is -0.151. The van der Waals surface area contributed by atoms with Gasteiger partial charge in [0.05, 0.1) is 41.9 Å². The average Bonchev–Trinajstić information content (AvgIpc) is 1.80. The summed E-state index contributed by atoms with van der Waals surface area (Å²) in [6.07, 6.45) is -0.222. The van der Waals surface area contributed by atoms with Crippen LogP contribution in [0.4, 0.5) is 0 Å². The first-order valence-electron chi connectivity index (χ1n) is 42.9. The molecule has 35 nitrogen and oxygen atoms in total. The van der Waals surface area contributed by atoms with E-state index in [0.29, 0.717) is 57.1 Å². The number of aromatic nitrogens is 1. The third kappa shape index (κ3) is 31.1. The molecule has 15 amide bonds. The van der Waals surface area contributed by atoms with Gasteiger partial charge in [0.25, 0.3) is 0 Å². The van der Waals surface area contributed by atoms with Crippen LogP contribution in [0, 0.1) is 11.8 Å². The molecule has 131 heavy (non-hydrogen) atoms. The fourth-order valence-corrected chi connectivity index (χ4v) is 16.2. The Morgan fingerprint density at radius 1 is 0.481 bits per heavy atom. The third-order valence-corrected chi connectivity index (χ3v) is 24.0. The van der Waals surface area contributed by atoms with Crippen molar-refractivity contribution in [2.45, 2.75) is 172 Å². The zero-order valence-electron chi connectivity index (χ0n) is 74.7. The molecule has 7 aromatic rings. The average molecular weight is 1870 g/mol. The Balaban J connectivity index is 1.22. The smallest absolute Gasteiger partial charge is 0.305 e. The molecular weight excluding hydrogens is 1750 g/mol. The van der Waals surface area contributed by atoms with Crippen molar-refractivity contribution in [3.63, 3.8) is 0 Å². The second kappa shape index (κ2) is 49.6. The summed E-state index contributed by atoms with van der Waals surface area (Å²) in [5.74, 6) is -17.9. The maximum atomic E-state index is 15.6. The second-order valence-electron chi connectivity index (χ2n) is 33.3. The number of unbranched alkanes of at least 4 members (excludes halogenated alkanes) is 1. The first kappa shape index (κ1) is 103. The summed E-state index contributed by atoms with van der Waals surface area (Å²) in [4.78, 5) is 244. The Labute approximate surface area is 773 Å². The summed E-state index contributed by atoms with van der Waals surface area (Å²) in [7, 11) is 6.45. The minimum atomic E-state index is -1.92. The van der Waals surface area contributed by atoms with Gasteiger partial charge in [-0.2, -0.15) is 0 Å². The number of likely N-dealkylation sites (N-methyl/N-ethyl adjacent to an activating group) is 5. The number of hydrogen-bond donors (Lipinski definition) is 14. The van der Waals surface area contributed by atoms with Gasteiger partial charge < -0.3 is 98.4 Å². The van der Waals surface area contributed by atoms with E-state index < -0.39 is 205 Å². The van der Waals surface area contributed by atoms with Gasteiger partial charge in [-0.25, -0.2) is 0 Å². The Morgan fingerprint density at radius 3 is 1.52 bits per heavy atom. The summed E-state index contributed by atoms with van der Waals surface area (Å²) in [6.45, 7) is 6.08. The van der Waals surface area contributed by atoms with Crippen LogP contribution in [0.3, 0.4) is 0 Å². The first-order valence-corrected chi connectivity index (χ1v) is 44.8. The van der Waals surface area contributed by atoms with Gasteiger partial charge in [-0.1, -0.05) is 180 Å². The lowest BCUT2D eigenvalue weighted by Crippen LogP contribution is -2.61. The normalized spacial score (nSPS) is 21.8. The number of nitrogens with zero attached hydrogens (tertiary/aromatic N) is 5. The number of para-hydroxylation sites is 1. The summed E-state index contributed by atoms with van der Waals surface area (Å²) in [5, 5.41) is 55.7. The number of hydrogen-bond acceptors (Lipinski definition) is 19. The maximum Gasteiger partial charge on any atom is 0.305 e. The molecule has 2 heterocycles. The number of nitrogens with one attached hydrogen (secondary N) is 10. The molecule has 38 heteroatoms. The van der Waals surface area contributed by atoms with Gasteiger partial charge in [0.2, 0.25) is 88.6 Å². The molecule has 15 N–H and O–H groups in total. The molecule has 0 bridgehead atoms. The van der Waals surface area contributed by atoms with Gasteiger partial charge in [0, 0.05) is 96.6 Å². The summed E-state index contributed by atoms with van der Waals surface area (Å²) < 4.78 is 0. The molecule has 11 atom stereocenters. The van der Waals surface area contributed by atoms with E-state index in [1.54, 1.807) is 125 Å². The minimum absolute atomic E-state index is 0.00542. The summed E-state index contributed by atoms with van der Waals surface area (Å²) in [5.41, 5.74) is 8.86. The zero-order chi connectivity index (χ0) is 96.0. The van der Waals surface area contributed by atoms with Crippen LogP contribution in [0.25, 0.3) is 10.9 Å². The third-order valence-electron chi connectivity index (χ3n) is 22.2. The number of aromatic amines is 1. The predicted octanol–water partition coefficient (Wildman–Crippen LogP) is 3.63. The molecule has 1 aliphatic rings. The quantitative estimate of drug-likeness (QED) is 0.0435. The molecule has 1 fully saturated rings. The van der Waals surface area contributed by atoms with E-state index >= 15 is 38.4 Å². The Kier molecular flexibility index (Phi) is 39.1. The van der Waals surface area contributed by atoms with E-state index in [2.05, 4.69) is 52.8 Å². The number of carboxylic acids is 1. The maximum absolute atomic E-state index is 15.6. The number of nitrogens with two attached hydrogens (primary N) is 1. The number of thioether (sulfide) groups is 1. The molecule has 1 aromatic heterocycles. The highest BCUT2D eigenvalue weighted by Crippen LogP contribution is 2.27. The lowest BCUT2D eigenvalue weighted by atomic mass is 9.98. The van der Waals surface area contributed by atoms with Gasteiger partial charge >= 0.3 is 5.97 Å². The van der Waals surface area contributed by atoms with E-state index in [1.807, 2.05) is 6.92 Å². The summed E-state index contributed by atoms with van der Waals surface area (Å²) in [6, 6.07) is 22.6. The molecule has 702 valence electrons. The predicted molar refractivity (Wildman–Crippen MR) is 492 cm³/mol. The number of phenols is 2. The number of benzene rings is 6. The number of phenolic OH excluding ortho intramolecular Hbond substituents is 2. The number of aliphatic carboxylic acids is 1. The van der Waals surface area contributed by atoms with E-state index in [0.717, 1.165) is 36.3 Å². The van der Waals surface area contributed by atoms with Crippen molar-refractivity contribution >= 4 is 140 Å². The number of carboxylic acid groups (broad SMARTS) is 1. The van der Waals surface area contributed by atoms with E-state index in [4.69, 9.17) is 28.9 Å². The second-order valence-corrected chi connectivity index (χ2v) is 35.2. The van der Waals surface area contributed by atoms with Crippen molar-refractivity contribution < 1.29 is 92.0 Å². The van der Waals surface area contributed by atoms with Crippen LogP contribution in [0.2, 0.25) is 10.0 Å². The number of aromatic hydroxyl groups is 2. The highest BCUT2D eigenvalue weighted by molar-refractivity contribution is 8.00. The SMILES string of the molecule is CCCC[C@H]1C(=O)N(C)CC(=O)N[C@@H](CC(=O)O)C(=O)N[C@@H](C(C)C)C(=O)N(C)[C@@H](Cc2ccccc2)C(=O)N[C@H](Cc2ccc(O)cc2)C(=O)N(C)CC(=O)N[C@@H](Cc2c[nH]c3ccccc23)C(=O)N[C@@H](Cc2ccc(O)cc2)C(=O)N[C@@H](CC(C)C)C(=O)N[C@H](C(=O)NCC(N)=O)CSCC(=O)N[C@H](Cc2ccc(Cl)c(Cl)c2)C(=O)N(C)[C@@H](Cc2ccccc2)C(=O)N1C. The molecule has 1 aliphatic heterocycles. The van der Waals surface area contributed by atoms with Crippen molar-refractivity contribution in [1.29, 1.82) is 0 Å². The Bertz CT molecular complexity index is 5210. The van der Waals surface area contributed by atoms with Crippen LogP contribution >= 0.6 is 35.0 Å². The minimum Gasteiger partial charge on any atom is -0.508 e. The highest BCUT2D eigenvalue weighted by atomic mass is 35.5. The number of amides is 15. The van der Waals surface area contributed by atoms with Crippen molar-refractivity contribution in [2.75, 3.05) is 66.4 Å². The van der Waals surface area contributed by atoms with Crippen molar-refractivity contribution in [3.05, 3.63) is 201 Å². The largest absolute Gasteiger partial charge is 0.508 e. The first-order chi connectivity index (χ1) is 62.2. The van der Waals surface area contributed by atoms with Crippen molar-refractivity contribution in [1.82, 2.24) is 77.3 Å². The van der Waals surface area contributed by atoms with E-state index in [1.165, 1.54) is 95.9 Å². The van der Waals surface area contributed by atoms with Crippen LogP contribution in [0.5, 0.6) is 11.5 Å². The van der Waals surface area contributed by atoms with Crippen molar-refractivity contribution in [3.8, 4) is 11.5 Å². The van der Waals surface area contributed by atoms with Gasteiger partial charge in [0.1, 0.15) is 78.0 Å². The fraction of sp³-hybridized carbons (Fsp3) is 0.419. The molecule has 0 radical (unpaired) electrons. The Morgan fingerprint density at radius 2 is 0.954 bits per heavy atom. The topological polar surface area (TPSA) is 500 Å². The van der Waals surface area contributed by atoms with Crippen LogP contribution < -0.4 is 53.6 Å². The van der Waals surface area contributed by atoms with Gasteiger partial charge in [-0.05, 0) is 101 Å². The Hall–Kier alpha value is -13.1. The monoisotopic (exact) mass is 1860 g/mol. The molecule has 6 aromatic carbocycles. The fourth-order valence-electron chi connectivity index (χ4n) is 15.0. The number of fused-ring (bicyclic) bond motifs is 1. The molecule has 0 unspecified atom stereocenters. The van der Waals surface area contributed by atoms with Crippen LogP contribution in [-0.4, -0.2) is 272 Å². The molecular formula is C93H116Cl2N16O19S. The van der Waals surface area contributed by atoms with E-state index in [9.17, 15) is 53.7 Å². The number of carbonyl (C=O) groups is 16. The number of rotatable bonds is 23. The molecule has 0 spiro atoms. The number of H-pyrrole nitrogens is 1. The zero-order valence-corrected chi connectivity index (χ0v) is 77.0. The van der Waals surface area contributed by atoms with Gasteiger partial charge in [-0.15, -0.1) is 11.8 Å². The van der Waals surface area contributed by atoms with Gasteiger partial charge in [0.15, 0.2) is 0 Å². The lowest BCUT2D eigenvalue weighted by Gasteiger charge is -2.37. The molecule has 8 rings (SSSR count). The van der Waals surface area contributed by atoms with Crippen molar-refractivity contribution in [2.24, 2.45) is 17.6 Å². The van der Waals surface area contributed by atoms with Gasteiger partial charge in [-0.3, -0.25) is 76.7 Å². The van der Waals surface area contributed by atoms with Crippen LogP contribution in [0.1, 0.15) is 100 Å². The standard InChI is InChI=1S/C93H116Cl2N16O19S/c1-11-12-27-74-91(128)108(7)50-79(116)100-70(46-81(118)119)87(124)106-82(54(4)5)93(130)110(9)75(43-55-21-15-13-16-22-55)88(125)104-71(41-58-30-35-62(113)36-31-58)89(126)107(6)49-78(115)99-69(45-60-47-97-66-26-20-19-25-63(60)66)86(123)103-68(40-57-28-33-61(112)34-29-57)85(122)102-67(38-53(2)3)84(121)105-73(83(120)98-48-77(96)114)51-131-52-80(117)101-72(42-59-32-37-64(94)65(95)39-59)90(127)111(10)76(92(129)109(74)8)44-56-23-17-14-18-24-56/h13-26,28-37,39,47,53-54,67-76,82,97,112-113H,11-12,27,38,40-46,48-52H2,1-10H3,(H2,96,114)(H,98,120)(H,99,115)(H,100,116)(H,101,117)(H,102,122)(H,103,123)(H,104,125)(H,105,121)(H,106,124)(H,118,119)/t67-,68-,69-,70-,71+,72+,73-,74-,75-,76-,82-/m0/s1. The van der Waals surface area contributed by atoms with Crippen LogP contribution in [0.15, 0.2) is 158 Å². The molecule has 0 aliphatic carbocycles. The number of halogens is 2. The number of carbonyl (C=O) groups excluding carboxylic acids is 15. The van der Waals surface area contributed by atoms with E-state index in [-0.39, 0.29) is 78.8 Å². The molecule has 1 saturated heterocycles. The molecule has 0 saturated carbocycles. The summed E-state index contributed by atoms with van der Waals surface area (Å²) >= 11 is 13.7. The van der Waals surface area contributed by atoms with Crippen LogP contribution in [-0.2, 0) is 115 Å².